The van der Waals surface area contributed by atoms with E-state index in [9.17, 15) is 8.42 Å². The Morgan fingerprint density at radius 3 is 2.55 bits per heavy atom. The normalized spacial score (nSPS) is 21.2. The van der Waals surface area contributed by atoms with E-state index in [1.54, 1.807) is 0 Å². The molecule has 1 unspecified atom stereocenters. The third kappa shape index (κ3) is 7.47. The Hall–Kier alpha value is -1.64. The Morgan fingerprint density at radius 2 is 1.87 bits per heavy atom. The molecular formula is C23H39N5O2S. The van der Waals surface area contributed by atoms with Gasteiger partial charge in [-0.2, -0.15) is 0 Å². The number of aliphatic imine (C=N–C) groups is 1. The van der Waals surface area contributed by atoms with Gasteiger partial charge < -0.3 is 10.6 Å². The minimum atomic E-state index is -3.37. The Kier molecular flexibility index (Phi) is 8.75. The van der Waals surface area contributed by atoms with Crippen LogP contribution in [0.4, 0.5) is 0 Å². The Balaban J connectivity index is 1.63. The van der Waals surface area contributed by atoms with E-state index in [0.717, 1.165) is 49.2 Å². The first-order chi connectivity index (χ1) is 14.9. The van der Waals surface area contributed by atoms with Crippen molar-refractivity contribution in [3.05, 3.63) is 35.4 Å². The average molecular weight is 450 g/mol. The summed E-state index contributed by atoms with van der Waals surface area (Å²) in [6, 6.07) is 8.71. The van der Waals surface area contributed by atoms with E-state index in [4.69, 9.17) is 4.99 Å². The SMILES string of the molecule is CCNC(=NCc1ccccc1CS(=O)(=O)NC(C)C)NC1CCN(C2CCCC2)C1. The monoisotopic (exact) mass is 449 g/mol. The molecule has 0 bridgehead atoms. The summed E-state index contributed by atoms with van der Waals surface area (Å²) in [5.74, 6) is 0.776. The molecule has 1 aliphatic heterocycles. The predicted molar refractivity (Wildman–Crippen MR) is 128 cm³/mol. The summed E-state index contributed by atoms with van der Waals surface area (Å²) in [5, 5.41) is 6.95. The van der Waals surface area contributed by atoms with Crippen LogP contribution in [0.3, 0.4) is 0 Å². The van der Waals surface area contributed by atoms with Gasteiger partial charge in [0.2, 0.25) is 10.0 Å². The first-order valence-corrected chi connectivity index (χ1v) is 13.4. The predicted octanol–water partition coefficient (Wildman–Crippen LogP) is 2.59. The van der Waals surface area contributed by atoms with Crippen molar-refractivity contribution in [3.8, 4) is 0 Å². The standard InChI is InChI=1S/C23H39N5O2S/c1-4-24-23(26-21-13-14-28(16-21)22-11-7-8-12-22)25-15-19-9-5-6-10-20(19)17-31(29,30)27-18(2)3/h5-6,9-10,18,21-22,27H,4,7-8,11-17H2,1-3H3,(H2,24,25,26). The summed E-state index contributed by atoms with van der Waals surface area (Å²) in [6.45, 7) is 9.20. The fourth-order valence-electron chi connectivity index (χ4n) is 4.64. The van der Waals surface area contributed by atoms with Crippen molar-refractivity contribution in [2.45, 2.75) is 83.3 Å². The number of hydrogen-bond acceptors (Lipinski definition) is 4. The molecule has 3 rings (SSSR count). The highest BCUT2D eigenvalue weighted by molar-refractivity contribution is 7.88. The van der Waals surface area contributed by atoms with E-state index < -0.39 is 10.0 Å². The molecule has 0 spiro atoms. The second-order valence-electron chi connectivity index (χ2n) is 9.06. The summed E-state index contributed by atoms with van der Waals surface area (Å²) in [4.78, 5) is 7.42. The third-order valence-corrected chi connectivity index (χ3v) is 7.55. The Labute approximate surface area is 188 Å². The van der Waals surface area contributed by atoms with Gasteiger partial charge in [0.15, 0.2) is 5.96 Å². The molecular weight excluding hydrogens is 410 g/mol. The smallest absolute Gasteiger partial charge is 0.216 e. The lowest BCUT2D eigenvalue weighted by atomic mass is 10.1. The van der Waals surface area contributed by atoms with E-state index in [-0.39, 0.29) is 11.8 Å². The molecule has 1 atom stereocenters. The van der Waals surface area contributed by atoms with Crippen LogP contribution < -0.4 is 15.4 Å². The van der Waals surface area contributed by atoms with E-state index in [1.165, 1.54) is 25.7 Å². The van der Waals surface area contributed by atoms with Crippen LogP contribution in [0.15, 0.2) is 29.3 Å². The zero-order chi connectivity index (χ0) is 22.3. The van der Waals surface area contributed by atoms with Crippen molar-refractivity contribution in [3.63, 3.8) is 0 Å². The van der Waals surface area contributed by atoms with Gasteiger partial charge in [0.05, 0.1) is 12.3 Å². The van der Waals surface area contributed by atoms with Crippen molar-refractivity contribution in [1.82, 2.24) is 20.3 Å². The number of nitrogens with one attached hydrogen (secondary N) is 3. The number of benzene rings is 1. The quantitative estimate of drug-likeness (QED) is 0.399. The van der Waals surface area contributed by atoms with E-state index in [0.29, 0.717) is 12.6 Å². The molecule has 1 heterocycles. The third-order valence-electron chi connectivity index (χ3n) is 6.03. The average Bonchev–Trinajstić information content (AvgIpc) is 3.37. The maximum atomic E-state index is 12.4. The summed E-state index contributed by atoms with van der Waals surface area (Å²) < 4.78 is 27.5. The molecule has 1 aromatic rings. The lowest BCUT2D eigenvalue weighted by Gasteiger charge is -2.24. The summed E-state index contributed by atoms with van der Waals surface area (Å²) in [6.07, 6.45) is 6.55. The second kappa shape index (κ2) is 11.3. The molecule has 0 amide bonds. The molecule has 0 aromatic heterocycles. The molecule has 31 heavy (non-hydrogen) atoms. The molecule has 1 saturated carbocycles. The first kappa shape index (κ1) is 24.0. The largest absolute Gasteiger partial charge is 0.357 e. The first-order valence-electron chi connectivity index (χ1n) is 11.7. The van der Waals surface area contributed by atoms with Crippen LogP contribution in [0.5, 0.6) is 0 Å². The fourth-order valence-corrected chi connectivity index (χ4v) is 6.13. The Bertz CT molecular complexity index is 834. The van der Waals surface area contributed by atoms with Crippen molar-refractivity contribution < 1.29 is 8.42 Å². The highest BCUT2D eigenvalue weighted by atomic mass is 32.2. The van der Waals surface area contributed by atoms with Crippen LogP contribution >= 0.6 is 0 Å². The van der Waals surface area contributed by atoms with Crippen molar-refractivity contribution >= 4 is 16.0 Å². The lowest BCUT2D eigenvalue weighted by molar-refractivity contribution is 0.242. The molecule has 3 N–H and O–H groups in total. The lowest BCUT2D eigenvalue weighted by Crippen LogP contribution is -2.45. The number of sulfonamides is 1. The van der Waals surface area contributed by atoms with Gasteiger partial charge in [-0.25, -0.2) is 18.1 Å². The molecule has 1 saturated heterocycles. The molecule has 1 aromatic carbocycles. The number of nitrogens with zero attached hydrogens (tertiary/aromatic N) is 2. The minimum Gasteiger partial charge on any atom is -0.357 e. The highest BCUT2D eigenvalue weighted by Gasteiger charge is 2.30. The van der Waals surface area contributed by atoms with Gasteiger partial charge >= 0.3 is 0 Å². The van der Waals surface area contributed by atoms with Crippen LogP contribution in [0.25, 0.3) is 0 Å². The van der Waals surface area contributed by atoms with Crippen molar-refractivity contribution in [2.24, 2.45) is 4.99 Å². The molecule has 0 radical (unpaired) electrons. The maximum Gasteiger partial charge on any atom is 0.216 e. The van der Waals surface area contributed by atoms with Gasteiger partial charge in [-0.1, -0.05) is 37.1 Å². The highest BCUT2D eigenvalue weighted by Crippen LogP contribution is 2.26. The number of rotatable bonds is 9. The molecule has 174 valence electrons. The molecule has 7 nitrogen and oxygen atoms in total. The summed E-state index contributed by atoms with van der Waals surface area (Å²) >= 11 is 0. The summed E-state index contributed by atoms with van der Waals surface area (Å²) in [7, 11) is -3.37. The van der Waals surface area contributed by atoms with Gasteiger partial charge in [-0.05, 0) is 51.2 Å². The van der Waals surface area contributed by atoms with Crippen LogP contribution in [0, 0.1) is 0 Å². The zero-order valence-corrected chi connectivity index (χ0v) is 20.0. The molecule has 2 aliphatic rings. The molecule has 1 aliphatic carbocycles. The van der Waals surface area contributed by atoms with Gasteiger partial charge in [-0.15, -0.1) is 0 Å². The number of hydrogen-bond donors (Lipinski definition) is 3. The van der Waals surface area contributed by atoms with Gasteiger partial charge in [-0.3, -0.25) is 4.90 Å². The summed E-state index contributed by atoms with van der Waals surface area (Å²) in [5.41, 5.74) is 1.73. The van der Waals surface area contributed by atoms with Crippen molar-refractivity contribution in [2.75, 3.05) is 19.6 Å². The Morgan fingerprint density at radius 1 is 1.16 bits per heavy atom. The van der Waals surface area contributed by atoms with E-state index >= 15 is 0 Å². The van der Waals surface area contributed by atoms with E-state index in [2.05, 4.69) is 27.2 Å². The molecule has 8 heteroatoms. The fraction of sp³-hybridized carbons (Fsp3) is 0.696. The van der Waals surface area contributed by atoms with Gasteiger partial charge in [0.25, 0.3) is 0 Å². The van der Waals surface area contributed by atoms with E-state index in [1.807, 2.05) is 38.1 Å². The topological polar surface area (TPSA) is 85.8 Å². The number of guanidine groups is 1. The van der Waals surface area contributed by atoms with Gasteiger partial charge in [0.1, 0.15) is 0 Å². The van der Waals surface area contributed by atoms with Crippen LogP contribution in [-0.2, 0) is 22.3 Å². The second-order valence-corrected chi connectivity index (χ2v) is 10.8. The van der Waals surface area contributed by atoms with Crippen LogP contribution in [0.1, 0.15) is 64.0 Å². The molecule has 2 fully saturated rings. The van der Waals surface area contributed by atoms with Crippen LogP contribution in [-0.4, -0.2) is 57.0 Å². The van der Waals surface area contributed by atoms with Crippen molar-refractivity contribution in [1.29, 1.82) is 0 Å². The zero-order valence-electron chi connectivity index (χ0n) is 19.2. The minimum absolute atomic E-state index is 0.0280. The maximum absolute atomic E-state index is 12.4. The number of likely N-dealkylation sites (tertiary alicyclic amines) is 1. The van der Waals surface area contributed by atoms with Crippen LogP contribution in [0.2, 0.25) is 0 Å². The van der Waals surface area contributed by atoms with Gasteiger partial charge in [0, 0.05) is 37.8 Å².